The molecule has 0 aliphatic heterocycles. The Morgan fingerprint density at radius 3 is 2.55 bits per heavy atom. The zero-order chi connectivity index (χ0) is 15.1. The Morgan fingerprint density at radius 1 is 1.35 bits per heavy atom. The van der Waals surface area contributed by atoms with E-state index in [0.29, 0.717) is 17.5 Å². The molecule has 1 aromatic rings. The molecule has 0 aliphatic carbocycles. The fourth-order valence-corrected chi connectivity index (χ4v) is 1.81. The predicted octanol–water partition coefficient (Wildman–Crippen LogP) is 2.83. The highest BCUT2D eigenvalue weighted by atomic mass is 19.3. The summed E-state index contributed by atoms with van der Waals surface area (Å²) in [6.07, 6.45) is 0.528. The minimum atomic E-state index is -3.00. The molecule has 0 aromatic heterocycles. The van der Waals surface area contributed by atoms with E-state index in [4.69, 9.17) is 10.00 Å². The molecule has 0 N–H and O–H groups in total. The summed E-state index contributed by atoms with van der Waals surface area (Å²) in [6.45, 7) is 0.779. The van der Waals surface area contributed by atoms with E-state index in [9.17, 15) is 13.6 Å². The Labute approximate surface area is 115 Å². The van der Waals surface area contributed by atoms with Gasteiger partial charge in [0.2, 0.25) is 0 Å². The molecule has 0 fully saturated rings. The lowest BCUT2D eigenvalue weighted by Gasteiger charge is -2.12. The van der Waals surface area contributed by atoms with Crippen molar-refractivity contribution in [2.45, 2.75) is 33.3 Å². The molecule has 0 aliphatic rings. The van der Waals surface area contributed by atoms with Gasteiger partial charge in [-0.2, -0.15) is 14.0 Å². The van der Waals surface area contributed by atoms with Gasteiger partial charge in [0.05, 0.1) is 18.6 Å². The molecule has 0 bridgehead atoms. The summed E-state index contributed by atoms with van der Waals surface area (Å²) in [6, 6.07) is 4.56. The molecule has 6 heteroatoms. The molecule has 1 aromatic carbocycles. The summed E-state index contributed by atoms with van der Waals surface area (Å²) in [5, 5.41) is 8.97. The second kappa shape index (κ2) is 7.43. The van der Waals surface area contributed by atoms with Gasteiger partial charge in [-0.3, -0.25) is 4.79 Å². The van der Waals surface area contributed by atoms with Crippen LogP contribution in [0.25, 0.3) is 0 Å². The molecule has 108 valence electrons. The first-order valence-electron chi connectivity index (χ1n) is 6.18. The van der Waals surface area contributed by atoms with Crippen LogP contribution in [0.5, 0.6) is 5.75 Å². The summed E-state index contributed by atoms with van der Waals surface area (Å²) in [4.78, 5) is 11.5. The minimum absolute atomic E-state index is 0.000647. The lowest BCUT2D eigenvalue weighted by atomic mass is 9.99. The van der Waals surface area contributed by atoms with E-state index >= 15 is 0 Å². The largest absolute Gasteiger partial charge is 0.466 e. The van der Waals surface area contributed by atoms with Crippen LogP contribution in [0.4, 0.5) is 8.78 Å². The lowest BCUT2D eigenvalue weighted by molar-refractivity contribution is -0.142. The van der Waals surface area contributed by atoms with Crippen molar-refractivity contribution < 1.29 is 23.0 Å². The molecule has 0 saturated carbocycles. The van der Waals surface area contributed by atoms with E-state index in [2.05, 4.69) is 4.74 Å². The number of hydrogen-bond acceptors (Lipinski definition) is 4. The SMILES string of the molecule is CCOC(=O)Cc1cc(C#N)c(OC(F)F)cc1CC. The summed E-state index contributed by atoms with van der Waals surface area (Å²) < 4.78 is 33.7. The van der Waals surface area contributed by atoms with E-state index in [1.165, 1.54) is 12.1 Å². The Kier molecular flexibility index (Phi) is 5.91. The maximum Gasteiger partial charge on any atom is 0.387 e. The fourth-order valence-electron chi connectivity index (χ4n) is 1.81. The van der Waals surface area contributed by atoms with Crippen LogP contribution in [0.3, 0.4) is 0 Å². The highest BCUT2D eigenvalue weighted by Gasteiger charge is 2.15. The number of hydrogen-bond donors (Lipinski definition) is 0. The normalized spacial score (nSPS) is 10.2. The van der Waals surface area contributed by atoms with Crippen molar-refractivity contribution in [3.63, 3.8) is 0 Å². The van der Waals surface area contributed by atoms with Gasteiger partial charge in [-0.25, -0.2) is 0 Å². The molecule has 0 spiro atoms. The summed E-state index contributed by atoms with van der Waals surface area (Å²) in [5.41, 5.74) is 1.23. The van der Waals surface area contributed by atoms with Gasteiger partial charge in [-0.05, 0) is 36.6 Å². The minimum Gasteiger partial charge on any atom is -0.466 e. The fraction of sp³-hybridized carbons (Fsp3) is 0.429. The third-order valence-corrected chi connectivity index (χ3v) is 2.66. The number of ether oxygens (including phenoxy) is 2. The van der Waals surface area contributed by atoms with Crippen LogP contribution >= 0.6 is 0 Å². The standard InChI is InChI=1S/C14H15F2NO3/c1-3-9-6-12(20-14(15)16)11(8-17)5-10(9)7-13(18)19-4-2/h5-6,14H,3-4,7H2,1-2H3. The number of esters is 1. The van der Waals surface area contributed by atoms with Crippen LogP contribution in [0.2, 0.25) is 0 Å². The van der Waals surface area contributed by atoms with Gasteiger partial charge >= 0.3 is 12.6 Å². The molecule has 0 radical (unpaired) electrons. The zero-order valence-corrected chi connectivity index (χ0v) is 11.3. The Balaban J connectivity index is 3.12. The van der Waals surface area contributed by atoms with E-state index in [1.807, 2.05) is 6.92 Å². The Bertz CT molecular complexity index is 524. The lowest BCUT2D eigenvalue weighted by Crippen LogP contribution is -2.11. The number of benzene rings is 1. The third-order valence-electron chi connectivity index (χ3n) is 2.66. The number of rotatable bonds is 6. The van der Waals surface area contributed by atoms with Crippen molar-refractivity contribution in [1.82, 2.24) is 0 Å². The Morgan fingerprint density at radius 2 is 2.05 bits per heavy atom. The molecule has 0 atom stereocenters. The summed E-state index contributed by atoms with van der Waals surface area (Å²) >= 11 is 0. The van der Waals surface area contributed by atoms with Crippen molar-refractivity contribution in [3.05, 3.63) is 28.8 Å². The van der Waals surface area contributed by atoms with Gasteiger partial charge in [0.15, 0.2) is 0 Å². The number of carbonyl (C=O) groups is 1. The van der Waals surface area contributed by atoms with Crippen molar-refractivity contribution in [3.8, 4) is 11.8 Å². The van der Waals surface area contributed by atoms with Gasteiger partial charge < -0.3 is 9.47 Å². The predicted molar refractivity (Wildman–Crippen MR) is 67.5 cm³/mol. The van der Waals surface area contributed by atoms with Crippen molar-refractivity contribution in [1.29, 1.82) is 5.26 Å². The van der Waals surface area contributed by atoms with Gasteiger partial charge in [0, 0.05) is 0 Å². The second-order valence-corrected chi connectivity index (χ2v) is 3.94. The zero-order valence-electron chi connectivity index (χ0n) is 11.3. The number of nitrogens with zero attached hydrogens (tertiary/aromatic N) is 1. The van der Waals surface area contributed by atoms with Gasteiger partial charge in [0.1, 0.15) is 11.8 Å². The number of alkyl halides is 2. The first kappa shape index (κ1) is 15.9. The maximum absolute atomic E-state index is 12.3. The summed E-state index contributed by atoms with van der Waals surface area (Å²) in [7, 11) is 0. The molecule has 0 heterocycles. The number of nitriles is 1. The maximum atomic E-state index is 12.3. The number of aryl methyl sites for hydroxylation is 1. The summed E-state index contributed by atoms with van der Waals surface area (Å²) in [5.74, 6) is -0.597. The number of carbonyl (C=O) groups excluding carboxylic acids is 1. The van der Waals surface area contributed by atoms with Crippen molar-refractivity contribution >= 4 is 5.97 Å². The van der Waals surface area contributed by atoms with Gasteiger partial charge in [-0.1, -0.05) is 6.92 Å². The van der Waals surface area contributed by atoms with Crippen LogP contribution in [0, 0.1) is 11.3 Å². The highest BCUT2D eigenvalue weighted by Crippen LogP contribution is 2.26. The van der Waals surface area contributed by atoms with E-state index in [-0.39, 0.29) is 24.3 Å². The molecule has 0 unspecified atom stereocenters. The molecule has 0 saturated heterocycles. The quantitative estimate of drug-likeness (QED) is 0.753. The van der Waals surface area contributed by atoms with Gasteiger partial charge in [0.25, 0.3) is 0 Å². The van der Waals surface area contributed by atoms with Crippen LogP contribution in [0.15, 0.2) is 12.1 Å². The van der Waals surface area contributed by atoms with Crippen molar-refractivity contribution in [2.24, 2.45) is 0 Å². The van der Waals surface area contributed by atoms with Crippen molar-refractivity contribution in [2.75, 3.05) is 6.61 Å². The van der Waals surface area contributed by atoms with Crippen LogP contribution in [-0.2, 0) is 22.4 Å². The van der Waals surface area contributed by atoms with Gasteiger partial charge in [-0.15, -0.1) is 0 Å². The van der Waals surface area contributed by atoms with E-state index < -0.39 is 12.6 Å². The average molecular weight is 283 g/mol. The first-order chi connectivity index (χ1) is 9.51. The molecule has 0 amide bonds. The first-order valence-corrected chi connectivity index (χ1v) is 6.18. The average Bonchev–Trinajstić information content (AvgIpc) is 2.39. The molecular formula is C14H15F2NO3. The molecule has 1 rings (SSSR count). The highest BCUT2D eigenvalue weighted by molar-refractivity contribution is 5.73. The molecular weight excluding hydrogens is 268 g/mol. The molecule has 4 nitrogen and oxygen atoms in total. The third kappa shape index (κ3) is 4.19. The van der Waals surface area contributed by atoms with Crippen LogP contribution < -0.4 is 4.74 Å². The van der Waals surface area contributed by atoms with Crippen LogP contribution in [0.1, 0.15) is 30.5 Å². The smallest absolute Gasteiger partial charge is 0.387 e. The Hall–Kier alpha value is -2.16. The van der Waals surface area contributed by atoms with E-state index in [0.717, 1.165) is 0 Å². The molecule has 20 heavy (non-hydrogen) atoms. The topological polar surface area (TPSA) is 59.3 Å². The number of halogens is 2. The van der Waals surface area contributed by atoms with Crippen LogP contribution in [-0.4, -0.2) is 19.2 Å². The second-order valence-electron chi connectivity index (χ2n) is 3.94. The monoisotopic (exact) mass is 283 g/mol. The van der Waals surface area contributed by atoms with E-state index in [1.54, 1.807) is 13.0 Å².